The van der Waals surface area contributed by atoms with Gasteiger partial charge in [-0.05, 0) is 84.9 Å². The van der Waals surface area contributed by atoms with Gasteiger partial charge in [0, 0.05) is 25.7 Å². The van der Waals surface area contributed by atoms with Crippen LogP contribution in [0.5, 0.6) is 0 Å². The van der Waals surface area contributed by atoms with Crippen molar-refractivity contribution in [3.63, 3.8) is 0 Å². The van der Waals surface area contributed by atoms with E-state index in [2.05, 4.69) is 34.6 Å². The monoisotopic (exact) mass is 472 g/mol. The summed E-state index contributed by atoms with van der Waals surface area (Å²) in [4.78, 5) is 38.1. The molecule has 5 aliphatic rings. The van der Waals surface area contributed by atoms with Crippen LogP contribution in [-0.4, -0.2) is 35.8 Å². The van der Waals surface area contributed by atoms with E-state index in [-0.39, 0.29) is 52.7 Å². The molecule has 1 aliphatic heterocycles. The molecule has 0 N–H and O–H groups in total. The quantitative estimate of drug-likeness (QED) is 0.504. The predicted octanol–water partition coefficient (Wildman–Crippen LogP) is 5.38. The maximum absolute atomic E-state index is 13.6. The minimum atomic E-state index is -0.288. The molecule has 5 fully saturated rings. The minimum absolute atomic E-state index is 0.00549. The lowest BCUT2D eigenvalue weighted by molar-refractivity contribution is -0.169. The molecule has 4 aliphatic carbocycles. The molecule has 0 aromatic rings. The predicted molar refractivity (Wildman–Crippen MR) is 129 cm³/mol. The summed E-state index contributed by atoms with van der Waals surface area (Å²) in [6.07, 6.45) is 6.87. The largest absolute Gasteiger partial charge is 0.463 e. The molecule has 4 saturated carbocycles. The number of rotatable bonds is 2. The maximum atomic E-state index is 13.6. The zero-order chi connectivity index (χ0) is 24.6. The first-order chi connectivity index (χ1) is 16.0. The number of fused-ring (bicyclic) bond motifs is 7. The van der Waals surface area contributed by atoms with Crippen LogP contribution in [0.15, 0.2) is 0 Å². The van der Waals surface area contributed by atoms with Gasteiger partial charge >= 0.3 is 5.97 Å². The van der Waals surface area contributed by atoms with Crippen molar-refractivity contribution < 1.29 is 23.9 Å². The van der Waals surface area contributed by atoms with Crippen LogP contribution in [0, 0.1) is 52.3 Å². The highest BCUT2D eigenvalue weighted by molar-refractivity contribution is 5.84. The number of Topliss-reactive ketones (excluding diaryl/α,β-unsaturated/α-hetero) is 2. The lowest BCUT2D eigenvalue weighted by atomic mass is 9.44. The Morgan fingerprint density at radius 1 is 1.00 bits per heavy atom. The molecule has 0 amide bonds. The minimum Gasteiger partial charge on any atom is -0.463 e. The van der Waals surface area contributed by atoms with Crippen molar-refractivity contribution in [2.24, 2.45) is 52.3 Å². The molecule has 0 spiro atoms. The van der Waals surface area contributed by atoms with E-state index in [1.807, 2.05) is 0 Å². The molecule has 0 radical (unpaired) electrons. The third-order valence-electron chi connectivity index (χ3n) is 11.2. The summed E-state index contributed by atoms with van der Waals surface area (Å²) in [5.74, 6) is 2.81. The maximum Gasteiger partial charge on any atom is 0.302 e. The molecule has 5 rings (SSSR count). The van der Waals surface area contributed by atoms with Gasteiger partial charge in [-0.1, -0.05) is 34.6 Å². The van der Waals surface area contributed by atoms with Crippen LogP contribution >= 0.6 is 0 Å². The molecule has 5 nitrogen and oxygen atoms in total. The van der Waals surface area contributed by atoms with Crippen molar-refractivity contribution in [3.05, 3.63) is 0 Å². The fraction of sp³-hybridized carbons (Fsp3) is 0.897. The zero-order valence-electron chi connectivity index (χ0n) is 22.0. The molecular weight excluding hydrogens is 428 g/mol. The van der Waals surface area contributed by atoms with Crippen molar-refractivity contribution in [2.45, 2.75) is 111 Å². The molecular formula is C29H44O5. The first-order valence-electron chi connectivity index (χ1n) is 13.8. The van der Waals surface area contributed by atoms with Gasteiger partial charge in [0.15, 0.2) is 5.78 Å². The molecule has 0 bridgehead atoms. The Morgan fingerprint density at radius 3 is 2.38 bits per heavy atom. The van der Waals surface area contributed by atoms with E-state index in [9.17, 15) is 14.4 Å². The summed E-state index contributed by atoms with van der Waals surface area (Å²) in [6.45, 7) is 12.7. The Morgan fingerprint density at radius 2 is 1.71 bits per heavy atom. The van der Waals surface area contributed by atoms with Crippen LogP contribution < -0.4 is 0 Å². The third kappa shape index (κ3) is 3.62. The molecule has 11 atom stereocenters. The van der Waals surface area contributed by atoms with E-state index in [1.165, 1.54) is 6.92 Å². The molecule has 0 aromatic carbocycles. The lowest BCUT2D eigenvalue weighted by Crippen LogP contribution is -2.57. The van der Waals surface area contributed by atoms with Gasteiger partial charge < -0.3 is 9.47 Å². The first kappa shape index (κ1) is 24.5. The first-order valence-corrected chi connectivity index (χ1v) is 13.8. The van der Waals surface area contributed by atoms with Gasteiger partial charge in [-0.15, -0.1) is 0 Å². The topological polar surface area (TPSA) is 69.7 Å². The van der Waals surface area contributed by atoms with Gasteiger partial charge in [0.1, 0.15) is 18.0 Å². The molecule has 11 unspecified atom stereocenters. The average Bonchev–Trinajstić information content (AvgIpc) is 2.97. The Kier molecular flexibility index (Phi) is 6.06. The van der Waals surface area contributed by atoms with Gasteiger partial charge in [-0.25, -0.2) is 0 Å². The standard InChI is InChI=1S/C29H44O5/c1-15(2)27-24(32)11-16(3)26-25(34-27)14-21-19-13-23(31)22-12-18(33-17(4)30)7-9-28(22,5)20(19)8-10-29(21,26)6/h15-16,18-22,25-27H,7-14H2,1-6H3. The lowest BCUT2D eigenvalue weighted by Gasteiger charge is -2.60. The Labute approximate surface area is 205 Å². The van der Waals surface area contributed by atoms with E-state index in [0.29, 0.717) is 54.6 Å². The third-order valence-corrected chi connectivity index (χ3v) is 11.2. The number of ether oxygens (including phenoxy) is 2. The summed E-state index contributed by atoms with van der Waals surface area (Å²) in [5, 5.41) is 0. The average molecular weight is 473 g/mol. The second kappa shape index (κ2) is 8.42. The van der Waals surface area contributed by atoms with Gasteiger partial charge in [0.2, 0.25) is 0 Å². The second-order valence-corrected chi connectivity index (χ2v) is 13.4. The van der Waals surface area contributed by atoms with Crippen LogP contribution in [0.25, 0.3) is 0 Å². The number of hydrogen-bond acceptors (Lipinski definition) is 5. The Balaban J connectivity index is 1.42. The van der Waals surface area contributed by atoms with Gasteiger partial charge in [-0.2, -0.15) is 0 Å². The normalized spacial score (nSPS) is 50.6. The zero-order valence-corrected chi connectivity index (χ0v) is 22.0. The van der Waals surface area contributed by atoms with Gasteiger partial charge in [0.05, 0.1) is 6.10 Å². The smallest absolute Gasteiger partial charge is 0.302 e. The van der Waals surface area contributed by atoms with Crippen molar-refractivity contribution in [1.29, 1.82) is 0 Å². The summed E-state index contributed by atoms with van der Waals surface area (Å²) >= 11 is 0. The van der Waals surface area contributed by atoms with Crippen molar-refractivity contribution in [2.75, 3.05) is 0 Å². The van der Waals surface area contributed by atoms with E-state index >= 15 is 0 Å². The number of hydrogen-bond donors (Lipinski definition) is 0. The number of carbonyl (C=O) groups excluding carboxylic acids is 3. The van der Waals surface area contributed by atoms with Crippen LogP contribution in [0.1, 0.15) is 92.9 Å². The highest BCUT2D eigenvalue weighted by Crippen LogP contribution is 2.68. The van der Waals surface area contributed by atoms with Crippen LogP contribution in [0.4, 0.5) is 0 Å². The summed E-state index contributed by atoms with van der Waals surface area (Å²) in [7, 11) is 0. The van der Waals surface area contributed by atoms with E-state index in [0.717, 1.165) is 32.1 Å². The Hall–Kier alpha value is -1.23. The molecule has 34 heavy (non-hydrogen) atoms. The highest BCUT2D eigenvalue weighted by Gasteiger charge is 2.65. The Bertz CT molecular complexity index is 865. The fourth-order valence-corrected chi connectivity index (χ4v) is 9.88. The number of ketones is 2. The summed E-state index contributed by atoms with van der Waals surface area (Å²) in [5.41, 5.74) is 0.140. The van der Waals surface area contributed by atoms with Crippen LogP contribution in [-0.2, 0) is 23.9 Å². The van der Waals surface area contributed by atoms with E-state index in [1.54, 1.807) is 0 Å². The van der Waals surface area contributed by atoms with Gasteiger partial charge in [0.25, 0.3) is 0 Å². The summed E-state index contributed by atoms with van der Waals surface area (Å²) < 4.78 is 12.2. The highest BCUT2D eigenvalue weighted by atomic mass is 16.5. The van der Waals surface area contributed by atoms with Crippen LogP contribution in [0.2, 0.25) is 0 Å². The van der Waals surface area contributed by atoms with E-state index in [4.69, 9.17) is 9.47 Å². The molecule has 1 heterocycles. The van der Waals surface area contributed by atoms with E-state index < -0.39 is 0 Å². The molecule has 1 saturated heterocycles. The SMILES string of the molecule is CC(=O)OC1CCC2(C)C(C1)C(=O)CC1C2CCC2(C)C1CC1OC(C(C)C)C(=O)CC(C)C12. The van der Waals surface area contributed by atoms with Gasteiger partial charge in [-0.3, -0.25) is 14.4 Å². The van der Waals surface area contributed by atoms with Crippen molar-refractivity contribution in [3.8, 4) is 0 Å². The van der Waals surface area contributed by atoms with Crippen molar-refractivity contribution >= 4 is 17.5 Å². The van der Waals surface area contributed by atoms with Crippen LogP contribution in [0.3, 0.4) is 0 Å². The molecule has 190 valence electrons. The molecule has 5 heteroatoms. The fourth-order valence-electron chi connectivity index (χ4n) is 9.88. The van der Waals surface area contributed by atoms with Crippen molar-refractivity contribution in [1.82, 2.24) is 0 Å². The number of esters is 1. The molecule has 0 aromatic heterocycles. The number of carbonyl (C=O) groups is 3. The summed E-state index contributed by atoms with van der Waals surface area (Å²) in [6, 6.07) is 0. The second-order valence-electron chi connectivity index (χ2n) is 13.4.